The van der Waals surface area contributed by atoms with E-state index in [0.717, 1.165) is 13.5 Å². The second-order valence-electron chi connectivity index (χ2n) is 7.69. The highest BCUT2D eigenvalue weighted by Gasteiger charge is 2.51. The van der Waals surface area contributed by atoms with Gasteiger partial charge >= 0.3 is 21.6 Å². The van der Waals surface area contributed by atoms with E-state index < -0.39 is 39.0 Å². The molecule has 13 heteroatoms. The summed E-state index contributed by atoms with van der Waals surface area (Å²) in [6.07, 6.45) is 0.0976. The number of carbonyl (C=O) groups excluding carboxylic acids is 1. The summed E-state index contributed by atoms with van der Waals surface area (Å²) in [5.74, 6) is -1.36. The number of halogens is 3. The highest BCUT2D eigenvalue weighted by Crippen LogP contribution is 2.47. The van der Waals surface area contributed by atoms with Gasteiger partial charge in [0.05, 0.1) is 33.5 Å². The predicted molar refractivity (Wildman–Crippen MR) is 125 cm³/mol. The van der Waals surface area contributed by atoms with Crippen LogP contribution in [-0.4, -0.2) is 47.8 Å². The summed E-state index contributed by atoms with van der Waals surface area (Å²) < 4.78 is 95.5. The van der Waals surface area contributed by atoms with Gasteiger partial charge < -0.3 is 27.9 Å². The lowest BCUT2D eigenvalue weighted by atomic mass is 9.94. The standard InChI is InChI=1S/C24H25F3O9S/c1-5-6-11-34-15-8-10-17-16(13-15)22(36-37(29,30)24(25,26)27)20(23(28)33-4)21(35-17)14-7-9-18(31-2)19(12-14)32-3/h7-10,12-13,21H,5-6,11H2,1-4H3. The number of benzene rings is 2. The largest absolute Gasteiger partial charge is 0.534 e. The van der Waals surface area contributed by atoms with E-state index in [2.05, 4.69) is 4.18 Å². The van der Waals surface area contributed by atoms with Gasteiger partial charge in [-0.1, -0.05) is 19.4 Å². The first-order valence-corrected chi connectivity index (χ1v) is 12.4. The van der Waals surface area contributed by atoms with Crippen LogP contribution in [0.3, 0.4) is 0 Å². The third-order valence-electron chi connectivity index (χ3n) is 5.31. The summed E-state index contributed by atoms with van der Waals surface area (Å²) >= 11 is 0. The van der Waals surface area contributed by atoms with Crippen molar-refractivity contribution < 1.29 is 54.3 Å². The van der Waals surface area contributed by atoms with Crippen molar-refractivity contribution in [2.45, 2.75) is 31.4 Å². The third-order valence-corrected chi connectivity index (χ3v) is 6.26. The van der Waals surface area contributed by atoms with E-state index >= 15 is 0 Å². The summed E-state index contributed by atoms with van der Waals surface area (Å²) in [5.41, 5.74) is -6.40. The number of hydrogen-bond donors (Lipinski definition) is 0. The molecule has 9 nitrogen and oxygen atoms in total. The molecule has 37 heavy (non-hydrogen) atoms. The van der Waals surface area contributed by atoms with Crippen LogP contribution in [0.5, 0.6) is 23.0 Å². The predicted octanol–water partition coefficient (Wildman–Crippen LogP) is 4.77. The van der Waals surface area contributed by atoms with E-state index in [1.165, 1.54) is 50.6 Å². The number of hydrogen-bond acceptors (Lipinski definition) is 9. The molecule has 0 saturated carbocycles. The third kappa shape index (κ3) is 5.87. The van der Waals surface area contributed by atoms with E-state index in [0.29, 0.717) is 18.8 Å². The fourth-order valence-corrected chi connectivity index (χ4v) is 3.96. The summed E-state index contributed by atoms with van der Waals surface area (Å²) in [6.45, 7) is 2.24. The van der Waals surface area contributed by atoms with Crippen LogP contribution in [-0.2, 0) is 23.8 Å². The molecule has 2 aromatic carbocycles. The number of methoxy groups -OCH3 is 3. The lowest BCUT2D eigenvalue weighted by Crippen LogP contribution is -2.29. The average molecular weight is 547 g/mol. The van der Waals surface area contributed by atoms with Crippen LogP contribution in [0.25, 0.3) is 5.76 Å². The summed E-state index contributed by atoms with van der Waals surface area (Å²) in [7, 11) is -2.44. The van der Waals surface area contributed by atoms with Crippen LogP contribution >= 0.6 is 0 Å². The van der Waals surface area contributed by atoms with Gasteiger partial charge in [-0.25, -0.2) is 4.79 Å². The average Bonchev–Trinajstić information content (AvgIpc) is 2.87. The van der Waals surface area contributed by atoms with Crippen molar-refractivity contribution in [3.8, 4) is 23.0 Å². The zero-order chi connectivity index (χ0) is 27.4. The maximum absolute atomic E-state index is 13.3. The van der Waals surface area contributed by atoms with Crippen molar-refractivity contribution in [2.75, 3.05) is 27.9 Å². The molecular weight excluding hydrogens is 521 g/mol. The van der Waals surface area contributed by atoms with Crippen molar-refractivity contribution in [1.29, 1.82) is 0 Å². The van der Waals surface area contributed by atoms with Gasteiger partial charge in [0.2, 0.25) is 0 Å². The van der Waals surface area contributed by atoms with Gasteiger partial charge in [-0.3, -0.25) is 0 Å². The Labute approximate surface area is 211 Å². The quantitative estimate of drug-likeness (QED) is 0.180. The molecule has 0 amide bonds. The molecule has 1 unspecified atom stereocenters. The van der Waals surface area contributed by atoms with Gasteiger partial charge in [0, 0.05) is 5.56 Å². The highest BCUT2D eigenvalue weighted by atomic mass is 32.2. The molecule has 0 bridgehead atoms. The Balaban J connectivity index is 2.27. The fourth-order valence-electron chi connectivity index (χ4n) is 3.47. The molecule has 1 aliphatic rings. The zero-order valence-corrected chi connectivity index (χ0v) is 21.2. The molecule has 1 atom stereocenters. The minimum Gasteiger partial charge on any atom is -0.494 e. The topological polar surface area (TPSA) is 107 Å². The molecule has 0 spiro atoms. The van der Waals surface area contributed by atoms with Crippen molar-refractivity contribution in [3.05, 3.63) is 53.1 Å². The smallest absolute Gasteiger partial charge is 0.494 e. The SMILES string of the molecule is CCCCOc1ccc2c(c1)C(OS(=O)(=O)C(F)(F)F)=C(C(=O)OC)C(c1ccc(OC)c(OC)c1)O2. The van der Waals surface area contributed by atoms with Crippen molar-refractivity contribution >= 4 is 21.8 Å². The number of alkyl halides is 3. The molecule has 0 fully saturated rings. The minimum atomic E-state index is -6.18. The van der Waals surface area contributed by atoms with Crippen LogP contribution in [0.4, 0.5) is 13.2 Å². The lowest BCUT2D eigenvalue weighted by molar-refractivity contribution is -0.137. The number of rotatable bonds is 10. The molecule has 0 N–H and O–H groups in total. The van der Waals surface area contributed by atoms with E-state index in [4.69, 9.17) is 23.7 Å². The lowest BCUT2D eigenvalue weighted by Gasteiger charge is -2.30. The van der Waals surface area contributed by atoms with Crippen LogP contribution < -0.4 is 18.9 Å². The summed E-state index contributed by atoms with van der Waals surface area (Å²) in [5, 5.41) is 0. The first kappa shape index (κ1) is 28.0. The van der Waals surface area contributed by atoms with Crippen LogP contribution in [0.2, 0.25) is 0 Å². The Kier molecular flexibility index (Phi) is 8.46. The van der Waals surface area contributed by atoms with Crippen molar-refractivity contribution in [2.24, 2.45) is 0 Å². The molecule has 1 aliphatic heterocycles. The molecule has 202 valence electrons. The van der Waals surface area contributed by atoms with Crippen LogP contribution in [0, 0.1) is 0 Å². The molecule has 2 aromatic rings. The first-order chi connectivity index (χ1) is 17.5. The highest BCUT2D eigenvalue weighted by molar-refractivity contribution is 7.87. The molecule has 1 heterocycles. The van der Waals surface area contributed by atoms with Gasteiger partial charge in [-0.05, 0) is 36.8 Å². The van der Waals surface area contributed by atoms with Gasteiger partial charge in [0.1, 0.15) is 17.1 Å². The van der Waals surface area contributed by atoms with Crippen molar-refractivity contribution in [3.63, 3.8) is 0 Å². The van der Waals surface area contributed by atoms with E-state index in [1.54, 1.807) is 0 Å². The first-order valence-electron chi connectivity index (χ1n) is 11.0. The Hall–Kier alpha value is -3.61. The molecular formula is C24H25F3O9S. The molecule has 3 rings (SSSR count). The molecule has 0 saturated heterocycles. The van der Waals surface area contributed by atoms with E-state index in [1.807, 2.05) is 6.92 Å². The molecule has 0 radical (unpaired) electrons. The van der Waals surface area contributed by atoms with Crippen LogP contribution in [0.1, 0.15) is 37.0 Å². The Morgan fingerprint density at radius 1 is 1.03 bits per heavy atom. The van der Waals surface area contributed by atoms with Gasteiger partial charge in [0.25, 0.3) is 0 Å². The maximum Gasteiger partial charge on any atom is 0.534 e. The Bertz CT molecular complexity index is 1290. The number of carbonyl (C=O) groups is 1. The number of fused-ring (bicyclic) bond motifs is 1. The van der Waals surface area contributed by atoms with Gasteiger partial charge in [-0.2, -0.15) is 21.6 Å². The number of esters is 1. The van der Waals surface area contributed by atoms with E-state index in [-0.39, 0.29) is 28.4 Å². The monoisotopic (exact) mass is 546 g/mol. The van der Waals surface area contributed by atoms with Crippen molar-refractivity contribution in [1.82, 2.24) is 0 Å². The minimum absolute atomic E-state index is 0.0531. The summed E-state index contributed by atoms with van der Waals surface area (Å²) in [4.78, 5) is 12.9. The Morgan fingerprint density at radius 2 is 1.73 bits per heavy atom. The van der Waals surface area contributed by atoms with Crippen LogP contribution in [0.15, 0.2) is 42.0 Å². The molecule has 0 aromatic heterocycles. The van der Waals surface area contributed by atoms with Gasteiger partial charge in [0.15, 0.2) is 23.4 Å². The number of ether oxygens (including phenoxy) is 5. The normalized spacial score (nSPS) is 15.4. The number of unbranched alkanes of at least 4 members (excludes halogenated alkanes) is 1. The second kappa shape index (κ2) is 11.2. The molecule has 0 aliphatic carbocycles. The van der Waals surface area contributed by atoms with E-state index in [9.17, 15) is 26.4 Å². The van der Waals surface area contributed by atoms with Gasteiger partial charge in [-0.15, -0.1) is 0 Å². The maximum atomic E-state index is 13.3. The zero-order valence-electron chi connectivity index (χ0n) is 20.4. The fraction of sp³-hybridized carbons (Fsp3) is 0.375. The summed E-state index contributed by atoms with van der Waals surface area (Å²) in [6, 6.07) is 8.49. The second-order valence-corrected chi connectivity index (χ2v) is 9.23. The Morgan fingerprint density at radius 3 is 2.32 bits per heavy atom.